The molecule has 0 spiro atoms. The molecule has 0 unspecified atom stereocenters. The van der Waals surface area contributed by atoms with Gasteiger partial charge < -0.3 is 0 Å². The number of nitrogens with zero attached hydrogens (tertiary/aromatic N) is 1. The number of pyridine rings is 1. The number of aromatic nitrogens is 1. The molecule has 0 fully saturated rings. The summed E-state index contributed by atoms with van der Waals surface area (Å²) in [5, 5.41) is 0.951. The fourth-order valence-corrected chi connectivity index (χ4v) is 2.83. The lowest BCUT2D eigenvalue weighted by Crippen LogP contribution is -1.73. The molecule has 2 aromatic heterocycles. The molecule has 2 aromatic rings. The van der Waals surface area contributed by atoms with Crippen molar-refractivity contribution in [3.63, 3.8) is 0 Å². The average molecular weight is 221 g/mol. The lowest BCUT2D eigenvalue weighted by Gasteiger charge is -1.94. The molecule has 0 aliphatic heterocycles. The van der Waals surface area contributed by atoms with Crippen molar-refractivity contribution in [1.82, 2.24) is 4.98 Å². The van der Waals surface area contributed by atoms with Crippen LogP contribution in [0.4, 0.5) is 0 Å². The topological polar surface area (TPSA) is 30.0 Å². The van der Waals surface area contributed by atoms with Crippen LogP contribution < -0.4 is 0 Å². The van der Waals surface area contributed by atoms with Crippen LogP contribution in [0.3, 0.4) is 0 Å². The molecule has 0 N–H and O–H groups in total. The number of thiophene rings is 1. The Hall–Kier alpha value is -1.13. The van der Waals surface area contributed by atoms with Gasteiger partial charge >= 0.3 is 0 Å². The van der Waals surface area contributed by atoms with Gasteiger partial charge in [0.2, 0.25) is 0 Å². The second-order valence-corrected chi connectivity index (χ2v) is 4.98. The third kappa shape index (κ3) is 2.21. The highest BCUT2D eigenvalue weighted by Gasteiger charge is 2.01. The molecule has 2 heterocycles. The highest BCUT2D eigenvalue weighted by molar-refractivity contribution is 8.01. The van der Waals surface area contributed by atoms with Crippen molar-refractivity contribution < 1.29 is 4.79 Å². The van der Waals surface area contributed by atoms with Gasteiger partial charge in [-0.1, -0.05) is 17.8 Å². The molecule has 0 atom stereocenters. The summed E-state index contributed by atoms with van der Waals surface area (Å²) in [6, 6.07) is 9.54. The van der Waals surface area contributed by atoms with E-state index >= 15 is 0 Å². The Morgan fingerprint density at radius 1 is 1.29 bits per heavy atom. The minimum absolute atomic E-state index is 0.753. The number of carbonyl (C=O) groups excluding carboxylic acids is 1. The molecule has 0 aliphatic rings. The van der Waals surface area contributed by atoms with Crippen molar-refractivity contribution >= 4 is 29.4 Å². The van der Waals surface area contributed by atoms with E-state index in [9.17, 15) is 4.79 Å². The number of hydrogen-bond acceptors (Lipinski definition) is 4. The lowest BCUT2D eigenvalue weighted by atomic mass is 10.5. The Bertz CT molecular complexity index is 425. The number of carbonyl (C=O) groups is 1. The number of aldehydes is 1. The van der Waals surface area contributed by atoms with Crippen LogP contribution in [0.5, 0.6) is 0 Å². The van der Waals surface area contributed by atoms with Gasteiger partial charge in [-0.2, -0.15) is 0 Å². The molecule has 2 rings (SSSR count). The van der Waals surface area contributed by atoms with Gasteiger partial charge in [0, 0.05) is 6.20 Å². The van der Waals surface area contributed by atoms with Gasteiger partial charge in [0.15, 0.2) is 6.29 Å². The summed E-state index contributed by atoms with van der Waals surface area (Å²) in [5.41, 5.74) is 0. The highest BCUT2D eigenvalue weighted by atomic mass is 32.2. The normalized spacial score (nSPS) is 10.0. The van der Waals surface area contributed by atoms with E-state index in [1.54, 1.807) is 18.0 Å². The quantitative estimate of drug-likeness (QED) is 0.746. The van der Waals surface area contributed by atoms with Gasteiger partial charge in [-0.25, -0.2) is 4.98 Å². The van der Waals surface area contributed by atoms with E-state index in [0.29, 0.717) is 0 Å². The summed E-state index contributed by atoms with van der Waals surface area (Å²) in [4.78, 5) is 15.4. The van der Waals surface area contributed by atoms with Gasteiger partial charge in [-0.3, -0.25) is 4.79 Å². The van der Waals surface area contributed by atoms with Crippen molar-refractivity contribution in [1.29, 1.82) is 0 Å². The van der Waals surface area contributed by atoms with E-state index in [0.717, 1.165) is 20.4 Å². The molecular formula is C10H7NOS2. The third-order valence-electron chi connectivity index (χ3n) is 1.56. The monoisotopic (exact) mass is 221 g/mol. The van der Waals surface area contributed by atoms with E-state index in [-0.39, 0.29) is 0 Å². The number of rotatable bonds is 3. The summed E-state index contributed by atoms with van der Waals surface area (Å²) >= 11 is 3.05. The fraction of sp³-hybridized carbons (Fsp3) is 0. The van der Waals surface area contributed by atoms with Crippen LogP contribution in [0, 0.1) is 0 Å². The minimum atomic E-state index is 0.753. The maximum atomic E-state index is 10.5. The maximum Gasteiger partial charge on any atom is 0.160 e. The Labute approximate surface area is 90.0 Å². The van der Waals surface area contributed by atoms with E-state index in [2.05, 4.69) is 4.98 Å². The SMILES string of the molecule is O=Cc1ccc(Sc2ccccn2)s1. The molecule has 0 radical (unpaired) electrons. The zero-order valence-corrected chi connectivity index (χ0v) is 8.85. The van der Waals surface area contributed by atoms with Crippen LogP contribution in [0.2, 0.25) is 0 Å². The van der Waals surface area contributed by atoms with Crippen LogP contribution in [0.25, 0.3) is 0 Å². The average Bonchev–Trinajstić information content (AvgIpc) is 2.67. The lowest BCUT2D eigenvalue weighted by molar-refractivity contribution is 0.112. The standard InChI is InChI=1S/C10H7NOS2/c12-7-8-4-5-10(13-8)14-9-3-1-2-6-11-9/h1-7H. The van der Waals surface area contributed by atoms with Crippen molar-refractivity contribution in [2.75, 3.05) is 0 Å². The van der Waals surface area contributed by atoms with Gasteiger partial charge in [0.1, 0.15) is 5.03 Å². The van der Waals surface area contributed by atoms with Gasteiger partial charge in [0.05, 0.1) is 9.09 Å². The molecule has 0 aromatic carbocycles. The highest BCUT2D eigenvalue weighted by Crippen LogP contribution is 2.31. The first kappa shape index (κ1) is 9.43. The first-order chi connectivity index (χ1) is 6.88. The Balaban J connectivity index is 2.15. The summed E-state index contributed by atoms with van der Waals surface area (Å²) in [6.45, 7) is 0. The zero-order valence-electron chi connectivity index (χ0n) is 7.21. The molecular weight excluding hydrogens is 214 g/mol. The van der Waals surface area contributed by atoms with Crippen molar-refractivity contribution in [3.05, 3.63) is 41.4 Å². The van der Waals surface area contributed by atoms with Crippen LogP contribution in [0.1, 0.15) is 9.67 Å². The summed E-state index contributed by atoms with van der Waals surface area (Å²) in [5.74, 6) is 0. The smallest absolute Gasteiger partial charge is 0.160 e. The van der Waals surface area contributed by atoms with E-state index in [4.69, 9.17) is 0 Å². The summed E-state index contributed by atoms with van der Waals surface area (Å²) < 4.78 is 1.09. The van der Waals surface area contributed by atoms with Gasteiger partial charge in [0.25, 0.3) is 0 Å². The predicted octanol–water partition coefficient (Wildman–Crippen LogP) is 3.11. The molecule has 70 valence electrons. The molecule has 0 saturated carbocycles. The molecule has 4 heteroatoms. The van der Waals surface area contributed by atoms with Crippen molar-refractivity contribution in [2.45, 2.75) is 9.24 Å². The fourth-order valence-electron chi connectivity index (χ4n) is 0.963. The Kier molecular flexibility index (Phi) is 2.96. The third-order valence-corrected chi connectivity index (χ3v) is 3.65. The second kappa shape index (κ2) is 4.39. The summed E-state index contributed by atoms with van der Waals surface area (Å²) in [6.07, 6.45) is 2.63. The van der Waals surface area contributed by atoms with Gasteiger partial charge in [-0.05, 0) is 24.3 Å². The molecule has 14 heavy (non-hydrogen) atoms. The Morgan fingerprint density at radius 3 is 2.86 bits per heavy atom. The minimum Gasteiger partial charge on any atom is -0.297 e. The van der Waals surface area contributed by atoms with E-state index in [1.165, 1.54) is 11.3 Å². The molecule has 0 bridgehead atoms. The van der Waals surface area contributed by atoms with Crippen LogP contribution in [-0.4, -0.2) is 11.3 Å². The molecule has 0 amide bonds. The number of hydrogen-bond donors (Lipinski definition) is 0. The first-order valence-electron chi connectivity index (χ1n) is 4.02. The Morgan fingerprint density at radius 2 is 2.21 bits per heavy atom. The predicted molar refractivity (Wildman–Crippen MR) is 58.1 cm³/mol. The summed E-state index contributed by atoms with van der Waals surface area (Å²) in [7, 11) is 0. The van der Waals surface area contributed by atoms with Crippen LogP contribution in [0.15, 0.2) is 45.8 Å². The molecule has 0 aliphatic carbocycles. The van der Waals surface area contributed by atoms with E-state index < -0.39 is 0 Å². The van der Waals surface area contributed by atoms with Crippen LogP contribution >= 0.6 is 23.1 Å². The van der Waals surface area contributed by atoms with Crippen molar-refractivity contribution in [3.8, 4) is 0 Å². The maximum absolute atomic E-state index is 10.5. The zero-order chi connectivity index (χ0) is 9.80. The second-order valence-electron chi connectivity index (χ2n) is 2.54. The van der Waals surface area contributed by atoms with E-state index in [1.807, 2.05) is 30.3 Å². The molecule has 2 nitrogen and oxygen atoms in total. The van der Waals surface area contributed by atoms with Crippen LogP contribution in [-0.2, 0) is 0 Å². The van der Waals surface area contributed by atoms with Gasteiger partial charge in [-0.15, -0.1) is 11.3 Å². The van der Waals surface area contributed by atoms with Crippen molar-refractivity contribution in [2.24, 2.45) is 0 Å². The molecule has 0 saturated heterocycles. The largest absolute Gasteiger partial charge is 0.297 e. The first-order valence-corrected chi connectivity index (χ1v) is 5.66.